The van der Waals surface area contributed by atoms with Gasteiger partial charge in [0.05, 0.1) is 11.9 Å². The summed E-state index contributed by atoms with van der Waals surface area (Å²) < 4.78 is 1.54. The number of amides is 1. The van der Waals surface area contributed by atoms with Crippen molar-refractivity contribution in [2.75, 3.05) is 13.6 Å². The lowest BCUT2D eigenvalue weighted by molar-refractivity contribution is -0.121. The Hall–Kier alpha value is -1.43. The first-order valence-electron chi connectivity index (χ1n) is 5.06. The number of aromatic nitrogens is 3. The highest BCUT2D eigenvalue weighted by Gasteiger charge is 2.04. The van der Waals surface area contributed by atoms with Crippen LogP contribution in [0.2, 0.25) is 0 Å². The summed E-state index contributed by atoms with van der Waals surface area (Å²) in [5.74, 6) is -0.0299. The van der Waals surface area contributed by atoms with Crippen LogP contribution in [0.5, 0.6) is 0 Å². The van der Waals surface area contributed by atoms with Gasteiger partial charge in [-0.2, -0.15) is 0 Å². The van der Waals surface area contributed by atoms with Gasteiger partial charge in [0, 0.05) is 13.1 Å². The van der Waals surface area contributed by atoms with E-state index in [2.05, 4.69) is 20.9 Å². The van der Waals surface area contributed by atoms with Crippen molar-refractivity contribution in [2.45, 2.75) is 26.4 Å². The first-order chi connectivity index (χ1) is 7.26. The summed E-state index contributed by atoms with van der Waals surface area (Å²) in [7, 11) is 1.84. The third-order valence-electron chi connectivity index (χ3n) is 1.82. The molecular formula is C9H17N5O. The molecule has 0 atom stereocenters. The molecule has 15 heavy (non-hydrogen) atoms. The molecule has 1 aromatic rings. The monoisotopic (exact) mass is 211 g/mol. The highest BCUT2D eigenvalue weighted by atomic mass is 16.2. The van der Waals surface area contributed by atoms with E-state index in [0.717, 1.165) is 12.1 Å². The van der Waals surface area contributed by atoms with Gasteiger partial charge in [-0.1, -0.05) is 12.1 Å². The normalized spacial score (nSPS) is 10.3. The van der Waals surface area contributed by atoms with Crippen LogP contribution in [0.15, 0.2) is 6.20 Å². The average Bonchev–Trinajstić information content (AvgIpc) is 2.63. The van der Waals surface area contributed by atoms with E-state index in [1.807, 2.05) is 14.0 Å². The van der Waals surface area contributed by atoms with Crippen LogP contribution in [0.3, 0.4) is 0 Å². The minimum absolute atomic E-state index is 0.0299. The number of carbonyl (C=O) groups is 1. The van der Waals surface area contributed by atoms with Crippen molar-refractivity contribution < 1.29 is 4.79 Å². The lowest BCUT2D eigenvalue weighted by Crippen LogP contribution is -2.28. The van der Waals surface area contributed by atoms with E-state index in [9.17, 15) is 4.79 Å². The molecule has 0 aliphatic carbocycles. The number of nitrogens with zero attached hydrogens (tertiary/aromatic N) is 3. The molecule has 0 saturated carbocycles. The molecule has 0 aliphatic rings. The van der Waals surface area contributed by atoms with Crippen molar-refractivity contribution in [2.24, 2.45) is 0 Å². The summed E-state index contributed by atoms with van der Waals surface area (Å²) in [5, 5.41) is 13.5. The van der Waals surface area contributed by atoms with Crippen molar-refractivity contribution in [3.63, 3.8) is 0 Å². The fraction of sp³-hybridized carbons (Fsp3) is 0.667. The number of rotatable bonds is 6. The van der Waals surface area contributed by atoms with Gasteiger partial charge in [0.2, 0.25) is 5.91 Å². The van der Waals surface area contributed by atoms with Gasteiger partial charge in [-0.25, -0.2) is 4.68 Å². The van der Waals surface area contributed by atoms with Gasteiger partial charge in [-0.05, 0) is 13.5 Å². The highest BCUT2D eigenvalue weighted by molar-refractivity contribution is 5.75. The van der Waals surface area contributed by atoms with Gasteiger partial charge in [-0.3, -0.25) is 4.79 Å². The Labute approximate surface area is 89.0 Å². The molecule has 84 valence electrons. The Bertz CT molecular complexity index is 309. The van der Waals surface area contributed by atoms with E-state index in [-0.39, 0.29) is 12.5 Å². The first-order valence-corrected chi connectivity index (χ1v) is 5.06. The second kappa shape index (κ2) is 6.13. The molecule has 6 nitrogen and oxygen atoms in total. The van der Waals surface area contributed by atoms with E-state index < -0.39 is 0 Å². The standard InChI is InChI=1S/C9H17N5O/c1-3-4-11-9(15)7-14-6-8(5-10-2)12-13-14/h6,10H,3-5,7H2,1-2H3,(H,11,15). The fourth-order valence-corrected chi connectivity index (χ4v) is 1.15. The molecular weight excluding hydrogens is 194 g/mol. The Morgan fingerprint density at radius 2 is 2.40 bits per heavy atom. The van der Waals surface area contributed by atoms with E-state index in [1.165, 1.54) is 4.68 Å². The highest BCUT2D eigenvalue weighted by Crippen LogP contribution is 1.91. The SMILES string of the molecule is CCCNC(=O)Cn1cc(CNC)nn1. The molecule has 0 aliphatic heterocycles. The van der Waals surface area contributed by atoms with Crippen molar-refractivity contribution in [1.29, 1.82) is 0 Å². The Morgan fingerprint density at radius 3 is 3.07 bits per heavy atom. The summed E-state index contributed by atoms with van der Waals surface area (Å²) in [5.41, 5.74) is 0.834. The Kier molecular flexibility index (Phi) is 4.76. The first kappa shape index (κ1) is 11.6. The molecule has 0 bridgehead atoms. The van der Waals surface area contributed by atoms with Gasteiger partial charge < -0.3 is 10.6 Å². The van der Waals surface area contributed by atoms with Gasteiger partial charge in [0.1, 0.15) is 6.54 Å². The van der Waals surface area contributed by atoms with Crippen molar-refractivity contribution in [3.8, 4) is 0 Å². The molecule has 0 radical (unpaired) electrons. The summed E-state index contributed by atoms with van der Waals surface area (Å²) in [4.78, 5) is 11.3. The smallest absolute Gasteiger partial charge is 0.241 e. The zero-order valence-electron chi connectivity index (χ0n) is 9.16. The molecule has 0 unspecified atom stereocenters. The van der Waals surface area contributed by atoms with Crippen LogP contribution in [-0.4, -0.2) is 34.5 Å². The third-order valence-corrected chi connectivity index (χ3v) is 1.82. The lowest BCUT2D eigenvalue weighted by atomic mass is 10.4. The van der Waals surface area contributed by atoms with Crippen LogP contribution in [-0.2, 0) is 17.9 Å². The Balaban J connectivity index is 2.39. The molecule has 1 aromatic heterocycles. The van der Waals surface area contributed by atoms with Crippen molar-refractivity contribution >= 4 is 5.91 Å². The number of hydrogen-bond acceptors (Lipinski definition) is 4. The predicted octanol–water partition coefficient (Wildman–Crippen LogP) is -0.476. The third kappa shape index (κ3) is 4.07. The lowest BCUT2D eigenvalue weighted by Gasteiger charge is -2.01. The average molecular weight is 211 g/mol. The maximum absolute atomic E-state index is 11.3. The molecule has 0 spiro atoms. The second-order valence-electron chi connectivity index (χ2n) is 3.29. The van der Waals surface area contributed by atoms with Crippen LogP contribution in [0, 0.1) is 0 Å². The predicted molar refractivity (Wildman–Crippen MR) is 56.1 cm³/mol. The molecule has 0 fully saturated rings. The van der Waals surface area contributed by atoms with Crippen LogP contribution >= 0.6 is 0 Å². The van der Waals surface area contributed by atoms with Gasteiger partial charge in [0.25, 0.3) is 0 Å². The maximum Gasteiger partial charge on any atom is 0.241 e. The quantitative estimate of drug-likeness (QED) is 0.667. The minimum Gasteiger partial charge on any atom is -0.355 e. The molecule has 1 amide bonds. The maximum atomic E-state index is 11.3. The number of nitrogens with one attached hydrogen (secondary N) is 2. The number of carbonyl (C=O) groups excluding carboxylic acids is 1. The summed E-state index contributed by atoms with van der Waals surface area (Å²) in [6, 6.07) is 0. The topological polar surface area (TPSA) is 71.8 Å². The summed E-state index contributed by atoms with van der Waals surface area (Å²) >= 11 is 0. The zero-order chi connectivity index (χ0) is 11.1. The summed E-state index contributed by atoms with van der Waals surface area (Å²) in [6.45, 7) is 3.62. The van der Waals surface area contributed by atoms with Gasteiger partial charge in [0.15, 0.2) is 0 Å². The van der Waals surface area contributed by atoms with E-state index in [4.69, 9.17) is 0 Å². The molecule has 0 saturated heterocycles. The van der Waals surface area contributed by atoms with E-state index in [0.29, 0.717) is 13.1 Å². The van der Waals surface area contributed by atoms with Gasteiger partial charge >= 0.3 is 0 Å². The van der Waals surface area contributed by atoms with Crippen LogP contribution in [0.4, 0.5) is 0 Å². The summed E-state index contributed by atoms with van der Waals surface area (Å²) in [6.07, 6.45) is 2.70. The van der Waals surface area contributed by atoms with Crippen molar-refractivity contribution in [1.82, 2.24) is 25.6 Å². The molecule has 0 aromatic carbocycles. The van der Waals surface area contributed by atoms with Crippen LogP contribution in [0.1, 0.15) is 19.0 Å². The molecule has 1 heterocycles. The van der Waals surface area contributed by atoms with Crippen molar-refractivity contribution in [3.05, 3.63) is 11.9 Å². The molecule has 1 rings (SSSR count). The van der Waals surface area contributed by atoms with Gasteiger partial charge in [-0.15, -0.1) is 5.10 Å². The molecule has 2 N–H and O–H groups in total. The van der Waals surface area contributed by atoms with E-state index in [1.54, 1.807) is 6.20 Å². The van der Waals surface area contributed by atoms with Crippen LogP contribution < -0.4 is 10.6 Å². The minimum atomic E-state index is -0.0299. The largest absolute Gasteiger partial charge is 0.355 e. The zero-order valence-corrected chi connectivity index (χ0v) is 9.16. The van der Waals surface area contributed by atoms with Crippen LogP contribution in [0.25, 0.3) is 0 Å². The number of hydrogen-bond donors (Lipinski definition) is 2. The second-order valence-corrected chi connectivity index (χ2v) is 3.29. The Morgan fingerprint density at radius 1 is 1.60 bits per heavy atom. The molecule has 6 heteroatoms. The van der Waals surface area contributed by atoms with E-state index >= 15 is 0 Å². The fourth-order valence-electron chi connectivity index (χ4n) is 1.15.